The van der Waals surface area contributed by atoms with Crippen molar-refractivity contribution in [3.05, 3.63) is 53.5 Å². The number of fused-ring (bicyclic) bond motifs is 1. The van der Waals surface area contributed by atoms with Gasteiger partial charge in [0.25, 0.3) is 5.91 Å². The Bertz CT molecular complexity index is 773. The fourth-order valence-electron chi connectivity index (χ4n) is 2.03. The minimum absolute atomic E-state index is 0.273. The minimum atomic E-state index is -0.273. The van der Waals surface area contributed by atoms with E-state index in [0.717, 1.165) is 10.9 Å². The molecular weight excluding hydrogens is 254 g/mol. The van der Waals surface area contributed by atoms with Crippen molar-refractivity contribution >= 4 is 22.5 Å². The van der Waals surface area contributed by atoms with Crippen LogP contribution in [-0.4, -0.2) is 16.0 Å². The first kappa shape index (κ1) is 12.3. The Morgan fingerprint density at radius 3 is 2.70 bits per heavy atom. The molecule has 1 amide bonds. The molecule has 20 heavy (non-hydrogen) atoms. The molecule has 0 bridgehead atoms. The van der Waals surface area contributed by atoms with Gasteiger partial charge in [0.1, 0.15) is 17.1 Å². The topological polar surface area (TPSA) is 68.0 Å². The number of para-hydroxylation sites is 1. The molecule has 0 unspecified atom stereocenters. The van der Waals surface area contributed by atoms with Crippen molar-refractivity contribution < 1.29 is 9.32 Å². The van der Waals surface area contributed by atoms with Gasteiger partial charge in [0.05, 0.1) is 5.52 Å². The number of hydrogen-bond donors (Lipinski definition) is 1. The average molecular weight is 267 g/mol. The standard InChI is InChI=1S/C15H13N3O2/c1-9-14(10(2)20-18-9)17-15(19)13-8-7-11-5-3-4-6-12(11)16-13/h3-8H,1-2H3,(H,17,19). The second-order valence-corrected chi connectivity index (χ2v) is 4.54. The van der Waals surface area contributed by atoms with E-state index < -0.39 is 0 Å². The van der Waals surface area contributed by atoms with E-state index in [4.69, 9.17) is 4.52 Å². The van der Waals surface area contributed by atoms with Crippen LogP contribution >= 0.6 is 0 Å². The molecule has 0 aliphatic carbocycles. The first-order chi connectivity index (χ1) is 9.65. The maximum Gasteiger partial charge on any atom is 0.274 e. The van der Waals surface area contributed by atoms with Gasteiger partial charge >= 0.3 is 0 Å². The Labute approximate surface area is 115 Å². The predicted molar refractivity (Wildman–Crippen MR) is 75.7 cm³/mol. The molecule has 0 spiro atoms. The number of hydrogen-bond acceptors (Lipinski definition) is 4. The van der Waals surface area contributed by atoms with Gasteiger partial charge in [0.15, 0.2) is 5.76 Å². The molecule has 2 aromatic heterocycles. The summed E-state index contributed by atoms with van der Waals surface area (Å²) in [6.45, 7) is 3.53. The fraction of sp³-hybridized carbons (Fsp3) is 0.133. The molecule has 5 nitrogen and oxygen atoms in total. The molecule has 5 heteroatoms. The quantitative estimate of drug-likeness (QED) is 0.774. The first-order valence-corrected chi connectivity index (χ1v) is 6.25. The van der Waals surface area contributed by atoms with Gasteiger partial charge < -0.3 is 9.84 Å². The summed E-state index contributed by atoms with van der Waals surface area (Å²) in [7, 11) is 0. The molecule has 3 rings (SSSR count). The summed E-state index contributed by atoms with van der Waals surface area (Å²) in [6.07, 6.45) is 0. The Morgan fingerprint density at radius 2 is 1.95 bits per heavy atom. The van der Waals surface area contributed by atoms with E-state index in [9.17, 15) is 4.79 Å². The lowest BCUT2D eigenvalue weighted by Gasteiger charge is -2.04. The van der Waals surface area contributed by atoms with Gasteiger partial charge in [-0.1, -0.05) is 29.4 Å². The number of carbonyl (C=O) groups excluding carboxylic acids is 1. The zero-order chi connectivity index (χ0) is 14.1. The van der Waals surface area contributed by atoms with Crippen LogP contribution in [-0.2, 0) is 0 Å². The highest BCUT2D eigenvalue weighted by Gasteiger charge is 2.14. The smallest absolute Gasteiger partial charge is 0.274 e. The highest BCUT2D eigenvalue weighted by molar-refractivity contribution is 6.04. The zero-order valence-electron chi connectivity index (χ0n) is 11.2. The summed E-state index contributed by atoms with van der Waals surface area (Å²) in [4.78, 5) is 16.6. The first-order valence-electron chi connectivity index (χ1n) is 6.25. The predicted octanol–water partition coefficient (Wildman–Crippen LogP) is 3.09. The lowest BCUT2D eigenvalue weighted by molar-refractivity contribution is 0.102. The van der Waals surface area contributed by atoms with Crippen LogP contribution in [0.3, 0.4) is 0 Å². The van der Waals surface area contributed by atoms with Crippen molar-refractivity contribution in [3.63, 3.8) is 0 Å². The second kappa shape index (κ2) is 4.77. The molecule has 0 saturated heterocycles. The number of aromatic nitrogens is 2. The molecule has 0 radical (unpaired) electrons. The van der Waals surface area contributed by atoms with E-state index >= 15 is 0 Å². The highest BCUT2D eigenvalue weighted by Crippen LogP contribution is 2.20. The maximum absolute atomic E-state index is 12.2. The van der Waals surface area contributed by atoms with Crippen molar-refractivity contribution in [2.24, 2.45) is 0 Å². The number of aryl methyl sites for hydroxylation is 2. The number of rotatable bonds is 2. The van der Waals surface area contributed by atoms with Crippen LogP contribution in [0.1, 0.15) is 21.9 Å². The molecule has 0 aliphatic heterocycles. The number of nitrogens with one attached hydrogen (secondary N) is 1. The molecule has 0 saturated carbocycles. The van der Waals surface area contributed by atoms with Gasteiger partial charge in [-0.2, -0.15) is 0 Å². The van der Waals surface area contributed by atoms with Crippen molar-refractivity contribution in [1.29, 1.82) is 0 Å². The van der Waals surface area contributed by atoms with Crippen LogP contribution in [0.25, 0.3) is 10.9 Å². The molecule has 100 valence electrons. The molecule has 0 aliphatic rings. The van der Waals surface area contributed by atoms with Crippen LogP contribution in [0, 0.1) is 13.8 Å². The summed E-state index contributed by atoms with van der Waals surface area (Å²) in [5.74, 6) is 0.307. The number of nitrogens with zero attached hydrogens (tertiary/aromatic N) is 2. The van der Waals surface area contributed by atoms with Gasteiger partial charge in [0.2, 0.25) is 0 Å². The van der Waals surface area contributed by atoms with Gasteiger partial charge in [0, 0.05) is 5.39 Å². The van der Waals surface area contributed by atoms with E-state index in [1.165, 1.54) is 0 Å². The van der Waals surface area contributed by atoms with Crippen LogP contribution < -0.4 is 5.32 Å². The van der Waals surface area contributed by atoms with Crippen LogP contribution in [0.2, 0.25) is 0 Å². The molecule has 1 aromatic carbocycles. The molecule has 2 heterocycles. The van der Waals surface area contributed by atoms with Crippen molar-refractivity contribution in [3.8, 4) is 0 Å². The van der Waals surface area contributed by atoms with Crippen molar-refractivity contribution in [2.75, 3.05) is 5.32 Å². The fourth-order valence-corrected chi connectivity index (χ4v) is 2.03. The lowest BCUT2D eigenvalue weighted by atomic mass is 10.2. The Morgan fingerprint density at radius 1 is 1.15 bits per heavy atom. The third kappa shape index (κ3) is 2.14. The van der Waals surface area contributed by atoms with Crippen LogP contribution in [0.5, 0.6) is 0 Å². The largest absolute Gasteiger partial charge is 0.359 e. The summed E-state index contributed by atoms with van der Waals surface area (Å²) >= 11 is 0. The van der Waals surface area contributed by atoms with Crippen LogP contribution in [0.4, 0.5) is 5.69 Å². The summed E-state index contributed by atoms with van der Waals surface area (Å²) in [5, 5.41) is 7.59. The van der Waals surface area contributed by atoms with Crippen molar-refractivity contribution in [2.45, 2.75) is 13.8 Å². The number of amides is 1. The summed E-state index contributed by atoms with van der Waals surface area (Å²) < 4.78 is 5.02. The van der Waals surface area contributed by atoms with Crippen LogP contribution in [0.15, 0.2) is 40.9 Å². The van der Waals surface area contributed by atoms with E-state index in [0.29, 0.717) is 22.8 Å². The SMILES string of the molecule is Cc1noc(C)c1NC(=O)c1ccc2ccccc2n1. The van der Waals surface area contributed by atoms with E-state index in [2.05, 4.69) is 15.5 Å². The monoisotopic (exact) mass is 267 g/mol. The molecule has 3 aromatic rings. The Kier molecular flexibility index (Phi) is 2.95. The number of pyridine rings is 1. The summed E-state index contributed by atoms with van der Waals surface area (Å²) in [6, 6.07) is 11.2. The van der Waals surface area contributed by atoms with Crippen molar-refractivity contribution in [1.82, 2.24) is 10.1 Å². The van der Waals surface area contributed by atoms with E-state index in [1.54, 1.807) is 19.9 Å². The zero-order valence-corrected chi connectivity index (χ0v) is 11.2. The lowest BCUT2D eigenvalue weighted by Crippen LogP contribution is -2.14. The highest BCUT2D eigenvalue weighted by atomic mass is 16.5. The molecule has 0 atom stereocenters. The Balaban J connectivity index is 1.93. The van der Waals surface area contributed by atoms with E-state index in [1.807, 2.05) is 30.3 Å². The number of carbonyl (C=O) groups is 1. The van der Waals surface area contributed by atoms with Gasteiger partial charge in [-0.25, -0.2) is 4.98 Å². The molecule has 0 fully saturated rings. The second-order valence-electron chi connectivity index (χ2n) is 4.54. The number of anilines is 1. The van der Waals surface area contributed by atoms with Gasteiger partial charge in [-0.05, 0) is 26.0 Å². The third-order valence-corrected chi connectivity index (χ3v) is 3.10. The average Bonchev–Trinajstić information content (AvgIpc) is 2.78. The van der Waals surface area contributed by atoms with Gasteiger partial charge in [-0.15, -0.1) is 0 Å². The van der Waals surface area contributed by atoms with E-state index in [-0.39, 0.29) is 5.91 Å². The number of benzene rings is 1. The molecular formula is C15H13N3O2. The molecule has 1 N–H and O–H groups in total. The van der Waals surface area contributed by atoms with Gasteiger partial charge in [-0.3, -0.25) is 4.79 Å². The summed E-state index contributed by atoms with van der Waals surface area (Å²) in [5.41, 5.74) is 2.41. The minimum Gasteiger partial charge on any atom is -0.359 e. The maximum atomic E-state index is 12.2. The Hall–Kier alpha value is -2.69. The third-order valence-electron chi connectivity index (χ3n) is 3.10. The normalized spacial score (nSPS) is 10.7.